The third kappa shape index (κ3) is 3.37. The summed E-state index contributed by atoms with van der Waals surface area (Å²) in [5.41, 5.74) is 0.484. The van der Waals surface area contributed by atoms with Crippen molar-refractivity contribution < 1.29 is 18.7 Å². The SMILES string of the molecule is CCOC(=O)N1C2CCC1CC(C(=O)NCc1ccccc1F)C2. The number of fused-ring (bicyclic) bond motifs is 2. The number of rotatable bonds is 4. The maximum Gasteiger partial charge on any atom is 0.410 e. The van der Waals surface area contributed by atoms with Gasteiger partial charge < -0.3 is 15.0 Å². The largest absolute Gasteiger partial charge is 0.450 e. The number of carbonyl (C=O) groups is 2. The molecule has 2 unspecified atom stereocenters. The molecule has 1 aromatic carbocycles. The Morgan fingerprint density at radius 2 is 1.92 bits per heavy atom. The summed E-state index contributed by atoms with van der Waals surface area (Å²) in [5, 5.41) is 2.83. The van der Waals surface area contributed by atoms with E-state index in [4.69, 9.17) is 4.74 Å². The maximum atomic E-state index is 13.6. The molecule has 1 aromatic rings. The second-order valence-corrected chi connectivity index (χ2v) is 6.47. The smallest absolute Gasteiger partial charge is 0.410 e. The highest BCUT2D eigenvalue weighted by Crippen LogP contribution is 2.39. The van der Waals surface area contributed by atoms with Gasteiger partial charge in [0, 0.05) is 30.1 Å². The molecule has 5 nitrogen and oxygen atoms in total. The van der Waals surface area contributed by atoms with Crippen LogP contribution < -0.4 is 5.32 Å². The van der Waals surface area contributed by atoms with Gasteiger partial charge in [0.15, 0.2) is 0 Å². The molecule has 0 aliphatic carbocycles. The Labute approximate surface area is 141 Å². The molecule has 0 spiro atoms. The minimum absolute atomic E-state index is 0.0568. The van der Waals surface area contributed by atoms with Crippen LogP contribution in [0.25, 0.3) is 0 Å². The van der Waals surface area contributed by atoms with Crippen molar-refractivity contribution in [2.75, 3.05) is 6.61 Å². The fraction of sp³-hybridized carbons (Fsp3) is 0.556. The van der Waals surface area contributed by atoms with Crippen LogP contribution in [0.4, 0.5) is 9.18 Å². The van der Waals surface area contributed by atoms with E-state index in [1.165, 1.54) is 6.07 Å². The van der Waals surface area contributed by atoms with E-state index < -0.39 is 0 Å². The predicted molar refractivity (Wildman–Crippen MR) is 86.6 cm³/mol. The number of nitrogens with zero attached hydrogens (tertiary/aromatic N) is 1. The molecule has 3 rings (SSSR count). The predicted octanol–water partition coefficient (Wildman–Crippen LogP) is 2.84. The number of halogens is 1. The van der Waals surface area contributed by atoms with Gasteiger partial charge >= 0.3 is 6.09 Å². The average Bonchev–Trinajstić information content (AvgIpc) is 2.84. The van der Waals surface area contributed by atoms with E-state index in [1.807, 2.05) is 4.90 Å². The third-order valence-corrected chi connectivity index (χ3v) is 4.99. The van der Waals surface area contributed by atoms with Crippen molar-refractivity contribution in [2.45, 2.75) is 51.2 Å². The molecular weight excluding hydrogens is 311 g/mol. The molecule has 2 bridgehead atoms. The Hall–Kier alpha value is -2.11. The van der Waals surface area contributed by atoms with Gasteiger partial charge in [0.05, 0.1) is 6.61 Å². The fourth-order valence-corrected chi connectivity index (χ4v) is 3.86. The van der Waals surface area contributed by atoms with Crippen molar-refractivity contribution in [3.05, 3.63) is 35.6 Å². The molecule has 2 atom stereocenters. The van der Waals surface area contributed by atoms with Gasteiger partial charge in [-0.2, -0.15) is 0 Å². The van der Waals surface area contributed by atoms with Gasteiger partial charge in [-0.3, -0.25) is 4.79 Å². The van der Waals surface area contributed by atoms with Crippen LogP contribution in [-0.2, 0) is 16.1 Å². The molecular formula is C18H23FN2O3. The molecule has 1 N–H and O–H groups in total. The van der Waals surface area contributed by atoms with Crippen LogP contribution >= 0.6 is 0 Å². The van der Waals surface area contributed by atoms with Crippen molar-refractivity contribution >= 4 is 12.0 Å². The molecule has 2 amide bonds. The second kappa shape index (κ2) is 7.20. The standard InChI is InChI=1S/C18H23FN2O3/c1-2-24-18(23)21-14-7-8-15(21)10-13(9-14)17(22)20-11-12-5-3-4-6-16(12)19/h3-6,13-15H,2,7-11H2,1H3,(H,20,22). The lowest BCUT2D eigenvalue weighted by Crippen LogP contribution is -2.49. The molecule has 6 heteroatoms. The molecule has 0 saturated carbocycles. The number of nitrogens with one attached hydrogen (secondary N) is 1. The van der Waals surface area contributed by atoms with Crippen molar-refractivity contribution in [1.82, 2.24) is 10.2 Å². The number of amides is 2. The number of hydrogen-bond acceptors (Lipinski definition) is 3. The van der Waals surface area contributed by atoms with Gasteiger partial charge in [0.25, 0.3) is 0 Å². The first-order valence-corrected chi connectivity index (χ1v) is 8.56. The Balaban J connectivity index is 1.57. The van der Waals surface area contributed by atoms with Gasteiger partial charge in [-0.25, -0.2) is 9.18 Å². The second-order valence-electron chi connectivity index (χ2n) is 6.47. The van der Waals surface area contributed by atoms with Crippen LogP contribution in [0.1, 0.15) is 38.2 Å². The third-order valence-electron chi connectivity index (χ3n) is 4.99. The van der Waals surface area contributed by atoms with Crippen molar-refractivity contribution in [2.24, 2.45) is 5.92 Å². The summed E-state index contributed by atoms with van der Waals surface area (Å²) in [5.74, 6) is -0.492. The van der Waals surface area contributed by atoms with E-state index in [-0.39, 0.29) is 42.4 Å². The van der Waals surface area contributed by atoms with Crippen LogP contribution in [0, 0.1) is 11.7 Å². The van der Waals surface area contributed by atoms with E-state index >= 15 is 0 Å². The van der Waals surface area contributed by atoms with Gasteiger partial charge in [-0.1, -0.05) is 18.2 Å². The number of ether oxygens (including phenoxy) is 1. The summed E-state index contributed by atoms with van der Waals surface area (Å²) < 4.78 is 18.7. The summed E-state index contributed by atoms with van der Waals surface area (Å²) in [4.78, 5) is 26.3. The first kappa shape index (κ1) is 16.7. The molecule has 2 fully saturated rings. The van der Waals surface area contributed by atoms with Crippen LogP contribution in [0.15, 0.2) is 24.3 Å². The lowest BCUT2D eigenvalue weighted by molar-refractivity contribution is -0.127. The van der Waals surface area contributed by atoms with E-state index in [2.05, 4.69) is 5.32 Å². The van der Waals surface area contributed by atoms with Crippen LogP contribution in [0.3, 0.4) is 0 Å². The minimum Gasteiger partial charge on any atom is -0.450 e. The Morgan fingerprint density at radius 3 is 2.54 bits per heavy atom. The van der Waals surface area contributed by atoms with Gasteiger partial charge in [-0.05, 0) is 38.7 Å². The molecule has 2 aliphatic rings. The zero-order valence-electron chi connectivity index (χ0n) is 13.8. The molecule has 2 heterocycles. The molecule has 0 radical (unpaired) electrons. The summed E-state index contributed by atoms with van der Waals surface area (Å²) in [6, 6.07) is 6.59. The number of hydrogen-bond donors (Lipinski definition) is 1. The molecule has 2 aliphatic heterocycles. The fourth-order valence-electron chi connectivity index (χ4n) is 3.86. The Kier molecular flexibility index (Phi) is 5.02. The van der Waals surface area contributed by atoms with Gasteiger partial charge in [0.2, 0.25) is 5.91 Å². The minimum atomic E-state index is -0.310. The zero-order chi connectivity index (χ0) is 17.1. The molecule has 24 heavy (non-hydrogen) atoms. The molecule has 130 valence electrons. The topological polar surface area (TPSA) is 58.6 Å². The van der Waals surface area contributed by atoms with E-state index in [0.717, 1.165) is 12.8 Å². The Bertz CT molecular complexity index is 608. The average molecular weight is 334 g/mol. The normalized spacial score (nSPS) is 25.4. The van der Waals surface area contributed by atoms with Crippen LogP contribution in [-0.4, -0.2) is 35.6 Å². The van der Waals surface area contributed by atoms with Crippen molar-refractivity contribution in [1.29, 1.82) is 0 Å². The first-order valence-electron chi connectivity index (χ1n) is 8.56. The van der Waals surface area contributed by atoms with Gasteiger partial charge in [0.1, 0.15) is 5.82 Å². The first-order chi connectivity index (χ1) is 11.6. The highest BCUT2D eigenvalue weighted by molar-refractivity contribution is 5.79. The summed E-state index contributed by atoms with van der Waals surface area (Å²) in [6.45, 7) is 2.35. The maximum absolute atomic E-state index is 13.6. The summed E-state index contributed by atoms with van der Waals surface area (Å²) >= 11 is 0. The highest BCUT2D eigenvalue weighted by Gasteiger charge is 2.45. The highest BCUT2D eigenvalue weighted by atomic mass is 19.1. The number of carbonyl (C=O) groups excluding carboxylic acids is 2. The lowest BCUT2D eigenvalue weighted by Gasteiger charge is -2.37. The Morgan fingerprint density at radius 1 is 1.25 bits per heavy atom. The molecule has 2 saturated heterocycles. The van der Waals surface area contributed by atoms with E-state index in [0.29, 0.717) is 25.0 Å². The van der Waals surface area contributed by atoms with Crippen molar-refractivity contribution in [3.63, 3.8) is 0 Å². The summed E-state index contributed by atoms with van der Waals surface area (Å²) in [7, 11) is 0. The van der Waals surface area contributed by atoms with Crippen molar-refractivity contribution in [3.8, 4) is 0 Å². The van der Waals surface area contributed by atoms with Crippen LogP contribution in [0.5, 0.6) is 0 Å². The summed E-state index contributed by atoms with van der Waals surface area (Å²) in [6.07, 6.45) is 2.87. The molecule has 0 aromatic heterocycles. The van der Waals surface area contributed by atoms with Crippen LogP contribution in [0.2, 0.25) is 0 Å². The lowest BCUT2D eigenvalue weighted by atomic mass is 9.90. The van der Waals surface area contributed by atoms with Gasteiger partial charge in [-0.15, -0.1) is 0 Å². The number of piperidine rings is 1. The quantitative estimate of drug-likeness (QED) is 0.921. The van der Waals surface area contributed by atoms with E-state index in [1.54, 1.807) is 25.1 Å². The zero-order valence-corrected chi connectivity index (χ0v) is 13.8. The van der Waals surface area contributed by atoms with E-state index in [9.17, 15) is 14.0 Å². The number of benzene rings is 1. The monoisotopic (exact) mass is 334 g/mol.